The summed E-state index contributed by atoms with van der Waals surface area (Å²) in [6.45, 7) is 2.58. The van der Waals surface area contributed by atoms with Crippen molar-refractivity contribution in [2.24, 2.45) is 0 Å². The Labute approximate surface area is 194 Å². The number of fused-ring (bicyclic) bond motifs is 1. The Balaban J connectivity index is 1.37. The molecule has 0 atom stereocenters. The van der Waals surface area contributed by atoms with Crippen LogP contribution in [-0.2, 0) is 23.9 Å². The largest absolute Gasteiger partial charge is 0.416 e. The van der Waals surface area contributed by atoms with Crippen molar-refractivity contribution in [1.29, 1.82) is 0 Å². The van der Waals surface area contributed by atoms with E-state index >= 15 is 0 Å². The van der Waals surface area contributed by atoms with Crippen molar-refractivity contribution in [2.75, 3.05) is 23.7 Å². The van der Waals surface area contributed by atoms with Crippen LogP contribution in [0.25, 0.3) is 0 Å². The van der Waals surface area contributed by atoms with Gasteiger partial charge in [0.2, 0.25) is 5.91 Å². The molecule has 33 heavy (non-hydrogen) atoms. The van der Waals surface area contributed by atoms with Crippen LogP contribution in [0.1, 0.15) is 32.4 Å². The standard InChI is InChI=1S/C20H17ClF3N5O3S/c1-10-6-15(28-32-10)18(31)27-19-26-13-4-5-29(8-16(13)33-19)9-17(30)25-14-7-11(20(22,23)24)2-3-12(14)21/h2-3,6-7H,4-5,8-9H2,1H3,(H,25,30)(H,26,27,31). The number of rotatable bonds is 5. The molecule has 0 saturated carbocycles. The number of carbonyl (C=O) groups excluding carboxylic acids is 2. The van der Waals surface area contributed by atoms with Gasteiger partial charge in [-0.3, -0.25) is 19.8 Å². The molecule has 0 saturated heterocycles. The number of aryl methyl sites for hydroxylation is 1. The fourth-order valence-electron chi connectivity index (χ4n) is 3.26. The maximum absolute atomic E-state index is 12.9. The lowest BCUT2D eigenvalue weighted by Gasteiger charge is -2.25. The Morgan fingerprint density at radius 1 is 1.27 bits per heavy atom. The molecular formula is C20H17ClF3N5O3S. The molecular weight excluding hydrogens is 483 g/mol. The van der Waals surface area contributed by atoms with Gasteiger partial charge in [-0.05, 0) is 25.1 Å². The zero-order valence-corrected chi connectivity index (χ0v) is 18.7. The number of halogens is 4. The summed E-state index contributed by atoms with van der Waals surface area (Å²) in [6.07, 6.45) is -3.98. The molecule has 4 rings (SSSR count). The average molecular weight is 500 g/mol. The summed E-state index contributed by atoms with van der Waals surface area (Å²) in [5.41, 5.74) is -0.0265. The zero-order chi connectivity index (χ0) is 23.8. The minimum Gasteiger partial charge on any atom is -0.361 e. The van der Waals surface area contributed by atoms with Crippen molar-refractivity contribution in [2.45, 2.75) is 26.1 Å². The second kappa shape index (κ2) is 9.12. The lowest BCUT2D eigenvalue weighted by Crippen LogP contribution is -2.36. The van der Waals surface area contributed by atoms with Gasteiger partial charge in [-0.2, -0.15) is 13.2 Å². The number of aromatic nitrogens is 2. The fraction of sp³-hybridized carbons (Fsp3) is 0.300. The number of nitrogens with zero attached hydrogens (tertiary/aromatic N) is 3. The lowest BCUT2D eigenvalue weighted by molar-refractivity contribution is -0.137. The van der Waals surface area contributed by atoms with Gasteiger partial charge in [0.15, 0.2) is 10.8 Å². The molecule has 2 N–H and O–H groups in total. The normalized spacial score (nSPS) is 14.1. The molecule has 2 amide bonds. The number of alkyl halides is 3. The van der Waals surface area contributed by atoms with E-state index in [1.54, 1.807) is 6.92 Å². The number of hydrogen-bond acceptors (Lipinski definition) is 7. The highest BCUT2D eigenvalue weighted by Gasteiger charge is 2.31. The van der Waals surface area contributed by atoms with E-state index in [2.05, 4.69) is 20.8 Å². The Kier molecular flexibility index (Phi) is 6.41. The predicted octanol–water partition coefficient (Wildman–Crippen LogP) is 4.36. The van der Waals surface area contributed by atoms with Crippen LogP contribution in [-0.4, -0.2) is 39.9 Å². The molecule has 0 bridgehead atoms. The average Bonchev–Trinajstić information content (AvgIpc) is 3.34. The number of benzene rings is 1. The van der Waals surface area contributed by atoms with E-state index in [9.17, 15) is 22.8 Å². The van der Waals surface area contributed by atoms with Crippen LogP contribution in [0.3, 0.4) is 0 Å². The van der Waals surface area contributed by atoms with Crippen molar-refractivity contribution >= 4 is 45.6 Å². The molecule has 174 valence electrons. The monoisotopic (exact) mass is 499 g/mol. The van der Waals surface area contributed by atoms with Crippen molar-refractivity contribution in [3.05, 3.63) is 56.9 Å². The van der Waals surface area contributed by atoms with E-state index < -0.39 is 23.6 Å². The van der Waals surface area contributed by atoms with Crippen molar-refractivity contribution in [3.8, 4) is 0 Å². The molecule has 1 aliphatic rings. The quantitative estimate of drug-likeness (QED) is 0.541. The van der Waals surface area contributed by atoms with Crippen LogP contribution in [0.2, 0.25) is 5.02 Å². The van der Waals surface area contributed by atoms with Crippen LogP contribution in [0.5, 0.6) is 0 Å². The minimum atomic E-state index is -4.54. The highest BCUT2D eigenvalue weighted by Crippen LogP contribution is 2.34. The number of amides is 2. The maximum Gasteiger partial charge on any atom is 0.416 e. The number of hydrogen-bond donors (Lipinski definition) is 2. The van der Waals surface area contributed by atoms with E-state index in [-0.39, 0.29) is 22.9 Å². The third-order valence-electron chi connectivity index (χ3n) is 4.83. The summed E-state index contributed by atoms with van der Waals surface area (Å²) >= 11 is 7.23. The molecule has 0 radical (unpaired) electrons. The minimum absolute atomic E-state index is 0.0161. The van der Waals surface area contributed by atoms with Gasteiger partial charge in [0, 0.05) is 30.5 Å². The smallest absolute Gasteiger partial charge is 0.361 e. The lowest BCUT2D eigenvalue weighted by atomic mass is 10.1. The van der Waals surface area contributed by atoms with Crippen LogP contribution >= 0.6 is 22.9 Å². The van der Waals surface area contributed by atoms with Crippen LogP contribution < -0.4 is 10.6 Å². The first-order chi connectivity index (χ1) is 15.6. The molecule has 1 aliphatic heterocycles. The van der Waals surface area contributed by atoms with Gasteiger partial charge in [0.1, 0.15) is 5.76 Å². The first-order valence-corrected chi connectivity index (χ1v) is 10.9. The third-order valence-corrected chi connectivity index (χ3v) is 6.15. The van der Waals surface area contributed by atoms with Crippen LogP contribution in [0.15, 0.2) is 28.8 Å². The molecule has 0 spiro atoms. The fourth-order valence-corrected chi connectivity index (χ4v) is 4.47. The molecule has 3 heterocycles. The molecule has 2 aromatic heterocycles. The summed E-state index contributed by atoms with van der Waals surface area (Å²) < 4.78 is 43.7. The summed E-state index contributed by atoms with van der Waals surface area (Å²) in [5.74, 6) is -0.412. The van der Waals surface area contributed by atoms with Crippen molar-refractivity contribution < 1.29 is 27.3 Å². The van der Waals surface area contributed by atoms with Crippen LogP contribution in [0, 0.1) is 6.92 Å². The number of anilines is 2. The molecule has 8 nitrogen and oxygen atoms in total. The molecule has 13 heteroatoms. The summed E-state index contributed by atoms with van der Waals surface area (Å²) in [6, 6.07) is 4.28. The molecule has 1 aromatic carbocycles. The summed E-state index contributed by atoms with van der Waals surface area (Å²) in [7, 11) is 0. The first kappa shape index (κ1) is 23.2. The van der Waals surface area contributed by atoms with Gasteiger partial charge in [-0.15, -0.1) is 11.3 Å². The molecule has 3 aromatic rings. The Bertz CT molecular complexity index is 1210. The van der Waals surface area contributed by atoms with E-state index in [4.69, 9.17) is 16.1 Å². The van der Waals surface area contributed by atoms with Crippen LogP contribution in [0.4, 0.5) is 24.0 Å². The Hall–Kier alpha value is -2.96. The topological polar surface area (TPSA) is 100 Å². The van der Waals surface area contributed by atoms with E-state index in [0.717, 1.165) is 28.8 Å². The Morgan fingerprint density at radius 2 is 2.06 bits per heavy atom. The highest BCUT2D eigenvalue weighted by molar-refractivity contribution is 7.15. The highest BCUT2D eigenvalue weighted by atomic mass is 35.5. The van der Waals surface area contributed by atoms with E-state index in [1.165, 1.54) is 17.4 Å². The van der Waals surface area contributed by atoms with Gasteiger partial charge < -0.3 is 9.84 Å². The first-order valence-electron chi connectivity index (χ1n) is 9.70. The maximum atomic E-state index is 12.9. The molecule has 0 aliphatic carbocycles. The molecule has 0 fully saturated rings. The summed E-state index contributed by atoms with van der Waals surface area (Å²) in [4.78, 5) is 31.8. The number of nitrogens with one attached hydrogen (secondary N) is 2. The zero-order valence-electron chi connectivity index (χ0n) is 17.1. The van der Waals surface area contributed by atoms with E-state index in [0.29, 0.717) is 30.4 Å². The second-order valence-corrected chi connectivity index (χ2v) is 8.86. The van der Waals surface area contributed by atoms with Crippen molar-refractivity contribution in [1.82, 2.24) is 15.0 Å². The number of carbonyl (C=O) groups is 2. The SMILES string of the molecule is Cc1cc(C(=O)Nc2nc3c(s2)CN(CC(=O)Nc2cc(C(F)(F)F)ccc2Cl)CC3)no1. The second-order valence-electron chi connectivity index (χ2n) is 7.37. The van der Waals surface area contributed by atoms with Gasteiger partial charge in [0.25, 0.3) is 5.91 Å². The molecule has 0 unspecified atom stereocenters. The number of thiazole rings is 1. The Morgan fingerprint density at radius 3 is 2.76 bits per heavy atom. The third kappa shape index (κ3) is 5.52. The van der Waals surface area contributed by atoms with Gasteiger partial charge in [0.05, 0.1) is 28.5 Å². The van der Waals surface area contributed by atoms with Crippen molar-refractivity contribution in [3.63, 3.8) is 0 Å². The summed E-state index contributed by atoms with van der Waals surface area (Å²) in [5, 5.41) is 9.22. The van der Waals surface area contributed by atoms with Gasteiger partial charge >= 0.3 is 6.18 Å². The predicted molar refractivity (Wildman–Crippen MR) is 115 cm³/mol. The van der Waals surface area contributed by atoms with Gasteiger partial charge in [-0.1, -0.05) is 16.8 Å². The van der Waals surface area contributed by atoms with E-state index in [1.807, 2.05) is 4.90 Å². The van der Waals surface area contributed by atoms with Gasteiger partial charge in [-0.25, -0.2) is 4.98 Å².